The molecule has 4 aromatic rings. The molecule has 1 aliphatic carbocycles. The van der Waals surface area contributed by atoms with Gasteiger partial charge in [0, 0.05) is 51.2 Å². The van der Waals surface area contributed by atoms with Crippen LogP contribution in [0.2, 0.25) is 10.0 Å². The summed E-state index contributed by atoms with van der Waals surface area (Å²) in [6, 6.07) is 10.4. The molecule has 8 nitrogen and oxygen atoms in total. The largest absolute Gasteiger partial charge is 0.496 e. The maximum Gasteiger partial charge on any atom is 0.280 e. The van der Waals surface area contributed by atoms with Gasteiger partial charge in [-0.25, -0.2) is 9.37 Å². The van der Waals surface area contributed by atoms with Crippen molar-refractivity contribution in [1.29, 1.82) is 0 Å². The van der Waals surface area contributed by atoms with Gasteiger partial charge in [0.25, 0.3) is 11.8 Å². The van der Waals surface area contributed by atoms with Crippen molar-refractivity contribution in [3.8, 4) is 17.1 Å². The number of nitrogens with zero attached hydrogens (tertiary/aromatic N) is 4. The molecule has 1 unspecified atom stereocenters. The van der Waals surface area contributed by atoms with E-state index in [1.807, 2.05) is 24.5 Å². The van der Waals surface area contributed by atoms with Crippen molar-refractivity contribution in [2.24, 2.45) is 0 Å². The fraction of sp³-hybridized carbons (Fsp3) is 0.267. The lowest BCUT2D eigenvalue weighted by Gasteiger charge is -2.35. The van der Waals surface area contributed by atoms with Gasteiger partial charge in [0.15, 0.2) is 11.2 Å². The maximum atomic E-state index is 14.7. The van der Waals surface area contributed by atoms with E-state index in [0.29, 0.717) is 45.0 Å². The topological polar surface area (TPSA) is 89.3 Å². The number of aromatic nitrogens is 3. The number of hydrogen-bond donors (Lipinski definition) is 1. The second-order valence-electron chi connectivity index (χ2n) is 10.8. The number of benzene rings is 2. The first kappa shape index (κ1) is 26.0. The third kappa shape index (κ3) is 3.65. The first-order chi connectivity index (χ1) is 19.6. The van der Waals surface area contributed by atoms with E-state index in [1.54, 1.807) is 31.5 Å². The molecule has 2 aromatic carbocycles. The molecule has 208 valence electrons. The molecule has 2 aromatic heterocycles. The number of pyridine rings is 1. The molecule has 2 aliphatic heterocycles. The molecule has 1 spiro atoms. The van der Waals surface area contributed by atoms with E-state index in [1.165, 1.54) is 17.0 Å². The van der Waals surface area contributed by atoms with Gasteiger partial charge in [-0.15, -0.1) is 0 Å². The van der Waals surface area contributed by atoms with Gasteiger partial charge in [-0.2, -0.15) is 0 Å². The van der Waals surface area contributed by atoms with Crippen LogP contribution < -0.4 is 15.0 Å². The highest BCUT2D eigenvalue weighted by Gasteiger charge is 2.64. The zero-order valence-corrected chi connectivity index (χ0v) is 23.8. The van der Waals surface area contributed by atoms with Crippen LogP contribution >= 0.6 is 23.2 Å². The summed E-state index contributed by atoms with van der Waals surface area (Å²) in [4.78, 5) is 39.4. The Kier molecular flexibility index (Phi) is 5.72. The number of halogens is 3. The van der Waals surface area contributed by atoms with Crippen molar-refractivity contribution in [1.82, 2.24) is 14.5 Å². The minimum Gasteiger partial charge on any atom is -0.496 e. The monoisotopic (exact) mass is 591 g/mol. The molecule has 7 rings (SSSR count). The fourth-order valence-electron chi connectivity index (χ4n) is 6.08. The zero-order chi connectivity index (χ0) is 28.8. The number of fused-ring (bicyclic) bond motifs is 4. The van der Waals surface area contributed by atoms with Crippen molar-refractivity contribution in [3.05, 3.63) is 87.2 Å². The Balaban J connectivity index is 1.55. The molecule has 2 amide bonds. The summed E-state index contributed by atoms with van der Waals surface area (Å²) in [6.07, 6.45) is 3.88. The number of rotatable bonds is 5. The van der Waals surface area contributed by atoms with Crippen molar-refractivity contribution in [2.75, 3.05) is 17.3 Å². The molecular formula is C30H24Cl2FN5O3. The molecule has 1 fully saturated rings. The molecule has 4 heterocycles. The average Bonchev–Trinajstić information content (AvgIpc) is 3.57. The molecule has 11 heteroatoms. The Hall–Kier alpha value is -3.95. The minimum absolute atomic E-state index is 0.0698. The summed E-state index contributed by atoms with van der Waals surface area (Å²) in [5.74, 6) is -0.280. The highest BCUT2D eigenvalue weighted by Crippen LogP contribution is 2.55. The number of methoxy groups -OCH3 is 1. The Morgan fingerprint density at radius 1 is 1.10 bits per heavy atom. The number of ether oxygens (including phenoxy) is 1. The lowest BCUT2D eigenvalue weighted by atomic mass is 9.87. The maximum absolute atomic E-state index is 14.7. The van der Waals surface area contributed by atoms with E-state index in [0.717, 1.165) is 24.6 Å². The van der Waals surface area contributed by atoms with Gasteiger partial charge >= 0.3 is 0 Å². The smallest absolute Gasteiger partial charge is 0.280 e. The van der Waals surface area contributed by atoms with E-state index < -0.39 is 23.2 Å². The van der Waals surface area contributed by atoms with Gasteiger partial charge < -0.3 is 14.6 Å². The summed E-state index contributed by atoms with van der Waals surface area (Å²) in [5, 5.41) is 3.40. The quantitative estimate of drug-likeness (QED) is 0.278. The van der Waals surface area contributed by atoms with E-state index in [2.05, 4.69) is 10.3 Å². The Labute approximate surface area is 245 Å². The molecule has 1 saturated carbocycles. The summed E-state index contributed by atoms with van der Waals surface area (Å²) in [6.45, 7) is 3.89. The lowest BCUT2D eigenvalue weighted by Crippen LogP contribution is -2.51. The summed E-state index contributed by atoms with van der Waals surface area (Å²) < 4.78 is 22.3. The highest BCUT2D eigenvalue weighted by atomic mass is 35.5. The van der Waals surface area contributed by atoms with Gasteiger partial charge in [0.05, 0.1) is 24.1 Å². The number of amides is 2. The predicted octanol–water partition coefficient (Wildman–Crippen LogP) is 6.71. The molecular weight excluding hydrogens is 568 g/mol. The van der Waals surface area contributed by atoms with Crippen molar-refractivity contribution < 1.29 is 18.7 Å². The third-order valence-corrected chi connectivity index (χ3v) is 8.36. The first-order valence-corrected chi connectivity index (χ1v) is 14.0. The summed E-state index contributed by atoms with van der Waals surface area (Å²) in [7, 11) is 1.58. The second-order valence-corrected chi connectivity index (χ2v) is 11.7. The third-order valence-electron chi connectivity index (χ3n) is 7.91. The van der Waals surface area contributed by atoms with E-state index in [-0.39, 0.29) is 22.4 Å². The predicted molar refractivity (Wildman–Crippen MR) is 153 cm³/mol. The van der Waals surface area contributed by atoms with Crippen molar-refractivity contribution >= 4 is 46.4 Å². The van der Waals surface area contributed by atoms with E-state index >= 15 is 0 Å². The van der Waals surface area contributed by atoms with Gasteiger partial charge in [-0.05, 0) is 57.0 Å². The van der Waals surface area contributed by atoms with Crippen LogP contribution in [0.5, 0.6) is 5.75 Å². The summed E-state index contributed by atoms with van der Waals surface area (Å²) in [5.41, 5.74) is 1.32. The SMILES string of the molecule is COc1cc(C2CC2)ncc1-c1nc2c(n1C(C)C)C1(C(=O)Nc3cc(Cl)ccc31)N(c1cc(F)cc(Cl)c1)C2=O. The number of imidazole rings is 1. The Morgan fingerprint density at radius 3 is 2.56 bits per heavy atom. The van der Waals surface area contributed by atoms with Gasteiger partial charge in [0.2, 0.25) is 0 Å². The van der Waals surface area contributed by atoms with Crippen LogP contribution in [0.15, 0.2) is 48.7 Å². The molecule has 0 bridgehead atoms. The molecule has 3 aliphatic rings. The van der Waals surface area contributed by atoms with Crippen LogP contribution in [0.25, 0.3) is 11.4 Å². The van der Waals surface area contributed by atoms with Crippen LogP contribution in [0, 0.1) is 5.82 Å². The number of nitrogens with one attached hydrogen (secondary N) is 1. The van der Waals surface area contributed by atoms with Crippen LogP contribution in [0.4, 0.5) is 15.8 Å². The highest BCUT2D eigenvalue weighted by molar-refractivity contribution is 6.32. The van der Waals surface area contributed by atoms with Gasteiger partial charge in [-0.3, -0.25) is 19.5 Å². The molecule has 0 radical (unpaired) electrons. The van der Waals surface area contributed by atoms with Crippen LogP contribution in [0.1, 0.15) is 66.1 Å². The number of carbonyl (C=O) groups excluding carboxylic acids is 2. The van der Waals surface area contributed by atoms with Crippen LogP contribution in [0.3, 0.4) is 0 Å². The first-order valence-electron chi connectivity index (χ1n) is 13.2. The number of hydrogen-bond acceptors (Lipinski definition) is 5. The van der Waals surface area contributed by atoms with Crippen molar-refractivity contribution in [2.45, 2.75) is 44.2 Å². The van der Waals surface area contributed by atoms with E-state index in [4.69, 9.17) is 32.9 Å². The van der Waals surface area contributed by atoms with Crippen LogP contribution in [-0.2, 0) is 10.3 Å². The lowest BCUT2D eigenvalue weighted by molar-refractivity contribution is -0.119. The van der Waals surface area contributed by atoms with E-state index in [9.17, 15) is 14.0 Å². The molecule has 41 heavy (non-hydrogen) atoms. The standard InChI is InChI=1S/C30H24Cl2FN5O3/c1-14(2)37-26-25(36-27(37)20-13-34-22(15-4-5-15)12-24(20)41-3)28(39)38(19-9-17(32)8-18(33)11-19)30(26)21-7-6-16(31)10-23(21)35-29(30)40/h6-15H,4-5H2,1-3H3,(H,35,40). The summed E-state index contributed by atoms with van der Waals surface area (Å²) >= 11 is 12.5. The van der Waals surface area contributed by atoms with Gasteiger partial charge in [-0.1, -0.05) is 29.3 Å². The Bertz CT molecular complexity index is 1780. The number of carbonyl (C=O) groups is 2. The molecule has 1 N–H and O–H groups in total. The number of anilines is 2. The molecule has 1 atom stereocenters. The zero-order valence-electron chi connectivity index (χ0n) is 22.3. The minimum atomic E-state index is -1.71. The fourth-order valence-corrected chi connectivity index (χ4v) is 6.47. The normalized spacial score (nSPS) is 19.2. The van der Waals surface area contributed by atoms with Gasteiger partial charge in [0.1, 0.15) is 17.4 Å². The van der Waals surface area contributed by atoms with Crippen molar-refractivity contribution in [3.63, 3.8) is 0 Å². The molecule has 0 saturated heterocycles. The Morgan fingerprint density at radius 2 is 1.88 bits per heavy atom. The van der Waals surface area contributed by atoms with Crippen LogP contribution in [-0.4, -0.2) is 33.5 Å². The second kappa shape index (κ2) is 9.03. The average molecular weight is 592 g/mol.